The zero-order chi connectivity index (χ0) is 15.5. The Kier molecular flexibility index (Phi) is 4.00. The number of hydrogen-bond acceptors (Lipinski definition) is 5. The summed E-state index contributed by atoms with van der Waals surface area (Å²) in [5.74, 6) is 0.462. The van der Waals surface area contributed by atoms with Crippen LogP contribution in [0.5, 0.6) is 5.75 Å². The van der Waals surface area contributed by atoms with Crippen molar-refractivity contribution in [3.05, 3.63) is 48.0 Å². The summed E-state index contributed by atoms with van der Waals surface area (Å²) in [7, 11) is -2.42. The van der Waals surface area contributed by atoms with Gasteiger partial charge in [-0.1, -0.05) is 12.1 Å². The predicted molar refractivity (Wildman–Crippen MR) is 79.4 cm³/mol. The normalized spacial score (nSPS) is 10.7. The van der Waals surface area contributed by atoms with E-state index in [0.717, 1.165) is 0 Å². The van der Waals surface area contributed by atoms with Crippen LogP contribution in [0.3, 0.4) is 0 Å². The van der Waals surface area contributed by atoms with Gasteiger partial charge in [-0.25, -0.2) is 8.42 Å². The molecule has 0 radical (unpaired) electrons. The first kappa shape index (κ1) is 14.7. The highest BCUT2D eigenvalue weighted by atomic mass is 32.2. The van der Waals surface area contributed by atoms with E-state index in [-0.39, 0.29) is 21.8 Å². The summed E-state index contributed by atoms with van der Waals surface area (Å²) in [6, 6.07) is 12.5. The van der Waals surface area contributed by atoms with Crippen molar-refractivity contribution in [3.8, 4) is 11.8 Å². The number of ether oxygens (including phenoxy) is 1. The zero-order valence-electron chi connectivity index (χ0n) is 11.2. The molecule has 0 fully saturated rings. The summed E-state index contributed by atoms with van der Waals surface area (Å²) in [6.45, 7) is 0. The van der Waals surface area contributed by atoms with Crippen molar-refractivity contribution in [1.82, 2.24) is 0 Å². The Balaban J connectivity index is 2.42. The van der Waals surface area contributed by atoms with E-state index in [1.165, 1.54) is 37.4 Å². The zero-order valence-corrected chi connectivity index (χ0v) is 12.0. The van der Waals surface area contributed by atoms with Crippen molar-refractivity contribution in [2.45, 2.75) is 4.90 Å². The van der Waals surface area contributed by atoms with E-state index < -0.39 is 10.0 Å². The number of nitrogen functional groups attached to an aromatic ring is 1. The lowest BCUT2D eigenvalue weighted by molar-refractivity contribution is 0.414. The van der Waals surface area contributed by atoms with Crippen molar-refractivity contribution in [1.29, 1.82) is 5.26 Å². The highest BCUT2D eigenvalue weighted by Gasteiger charge is 2.19. The summed E-state index contributed by atoms with van der Waals surface area (Å²) in [5, 5.41) is 8.98. The van der Waals surface area contributed by atoms with Crippen LogP contribution in [0.4, 0.5) is 11.4 Å². The summed E-state index contributed by atoms with van der Waals surface area (Å²) in [4.78, 5) is -0.0731. The van der Waals surface area contributed by atoms with Crippen molar-refractivity contribution < 1.29 is 13.2 Å². The maximum Gasteiger partial charge on any atom is 0.263 e. The molecule has 0 unspecified atom stereocenters. The first-order valence-corrected chi connectivity index (χ1v) is 7.41. The molecule has 0 saturated carbocycles. The highest BCUT2D eigenvalue weighted by molar-refractivity contribution is 7.92. The first-order chi connectivity index (χ1) is 9.97. The number of nitrogens with two attached hydrogens (primary N) is 1. The number of para-hydroxylation sites is 1. The molecule has 0 aliphatic rings. The van der Waals surface area contributed by atoms with E-state index in [1.54, 1.807) is 12.1 Å². The van der Waals surface area contributed by atoms with Crippen LogP contribution in [0.15, 0.2) is 47.4 Å². The topological polar surface area (TPSA) is 105 Å². The molecule has 0 amide bonds. The Bertz CT molecular complexity index is 810. The van der Waals surface area contributed by atoms with Crippen LogP contribution in [0.2, 0.25) is 0 Å². The number of methoxy groups -OCH3 is 1. The molecule has 0 heterocycles. The maximum absolute atomic E-state index is 12.3. The molecule has 2 aromatic carbocycles. The van der Waals surface area contributed by atoms with Gasteiger partial charge in [0.05, 0.1) is 24.0 Å². The molecule has 6 nitrogen and oxygen atoms in total. The Morgan fingerprint density at radius 1 is 1.24 bits per heavy atom. The third-order valence-electron chi connectivity index (χ3n) is 2.80. The van der Waals surface area contributed by atoms with Gasteiger partial charge in [0.15, 0.2) is 0 Å². The van der Waals surface area contributed by atoms with E-state index in [9.17, 15) is 8.42 Å². The van der Waals surface area contributed by atoms with E-state index in [0.29, 0.717) is 5.75 Å². The minimum atomic E-state index is -3.88. The van der Waals surface area contributed by atoms with Crippen molar-refractivity contribution >= 4 is 21.4 Å². The molecule has 0 aromatic heterocycles. The summed E-state index contributed by atoms with van der Waals surface area (Å²) in [6.07, 6.45) is 0. The second-order valence-corrected chi connectivity index (χ2v) is 5.82. The van der Waals surface area contributed by atoms with Gasteiger partial charge in [0.2, 0.25) is 0 Å². The minimum Gasteiger partial charge on any atom is -0.497 e. The van der Waals surface area contributed by atoms with Crippen LogP contribution in [-0.4, -0.2) is 15.5 Å². The molecule has 0 aliphatic carbocycles. The molecule has 7 heteroatoms. The van der Waals surface area contributed by atoms with E-state index in [2.05, 4.69) is 4.72 Å². The smallest absolute Gasteiger partial charge is 0.263 e. The lowest BCUT2D eigenvalue weighted by Crippen LogP contribution is -2.15. The summed E-state index contributed by atoms with van der Waals surface area (Å²) < 4.78 is 32.0. The van der Waals surface area contributed by atoms with Gasteiger partial charge in [-0.15, -0.1) is 0 Å². The van der Waals surface area contributed by atoms with Crippen LogP contribution in [0.25, 0.3) is 0 Å². The largest absolute Gasteiger partial charge is 0.497 e. The quantitative estimate of drug-likeness (QED) is 0.840. The predicted octanol–water partition coefficient (Wildman–Crippen LogP) is 1.95. The van der Waals surface area contributed by atoms with Crippen molar-refractivity contribution in [2.24, 2.45) is 0 Å². The second kappa shape index (κ2) is 5.73. The Hall–Kier alpha value is -2.72. The lowest BCUT2D eigenvalue weighted by Gasteiger charge is -2.12. The molecule has 3 N–H and O–H groups in total. The van der Waals surface area contributed by atoms with Gasteiger partial charge in [0.25, 0.3) is 10.0 Å². The van der Waals surface area contributed by atoms with E-state index in [1.807, 2.05) is 6.07 Å². The van der Waals surface area contributed by atoms with Crippen LogP contribution < -0.4 is 15.2 Å². The number of nitrogens with one attached hydrogen (secondary N) is 1. The first-order valence-electron chi connectivity index (χ1n) is 5.93. The number of rotatable bonds is 4. The minimum absolute atomic E-state index is 0.0660. The van der Waals surface area contributed by atoms with Crippen LogP contribution in [-0.2, 0) is 10.0 Å². The fraction of sp³-hybridized carbons (Fsp3) is 0.0714. The molecule has 0 bridgehead atoms. The van der Waals surface area contributed by atoms with E-state index in [4.69, 9.17) is 15.7 Å². The molecule has 0 aliphatic heterocycles. The van der Waals surface area contributed by atoms with Gasteiger partial charge in [-0.3, -0.25) is 4.72 Å². The van der Waals surface area contributed by atoms with Gasteiger partial charge in [-0.2, -0.15) is 5.26 Å². The molecular weight excluding hydrogens is 290 g/mol. The van der Waals surface area contributed by atoms with Crippen molar-refractivity contribution in [3.63, 3.8) is 0 Å². The molecular formula is C14H13N3O3S. The van der Waals surface area contributed by atoms with Gasteiger partial charge in [-0.05, 0) is 24.3 Å². The lowest BCUT2D eigenvalue weighted by atomic mass is 10.2. The van der Waals surface area contributed by atoms with Gasteiger partial charge in [0.1, 0.15) is 16.7 Å². The fourth-order valence-corrected chi connectivity index (χ4v) is 2.96. The molecule has 0 saturated heterocycles. The Morgan fingerprint density at radius 3 is 2.57 bits per heavy atom. The third kappa shape index (κ3) is 3.07. The van der Waals surface area contributed by atoms with Crippen molar-refractivity contribution in [2.75, 3.05) is 17.6 Å². The number of benzene rings is 2. The highest BCUT2D eigenvalue weighted by Crippen LogP contribution is 2.26. The average molecular weight is 303 g/mol. The number of anilines is 2. The fourth-order valence-electron chi connectivity index (χ4n) is 1.77. The Labute approximate surface area is 122 Å². The summed E-state index contributed by atoms with van der Waals surface area (Å²) >= 11 is 0. The van der Waals surface area contributed by atoms with Gasteiger partial charge < -0.3 is 10.5 Å². The average Bonchev–Trinajstić information content (AvgIpc) is 2.47. The van der Waals surface area contributed by atoms with Crippen LogP contribution in [0, 0.1) is 11.3 Å². The maximum atomic E-state index is 12.3. The molecule has 0 spiro atoms. The standard InChI is InChI=1S/C14H13N3O3S/c1-20-11-6-7-14(12(16)8-11)21(18,19)17-13-5-3-2-4-10(13)9-15/h2-8,17H,16H2,1H3. The van der Waals surface area contributed by atoms with Gasteiger partial charge in [0, 0.05) is 6.07 Å². The number of nitriles is 1. The second-order valence-electron chi connectivity index (χ2n) is 4.17. The third-order valence-corrected chi connectivity index (χ3v) is 4.24. The molecule has 0 atom stereocenters. The molecule has 21 heavy (non-hydrogen) atoms. The van der Waals surface area contributed by atoms with Gasteiger partial charge >= 0.3 is 0 Å². The SMILES string of the molecule is COc1ccc(S(=O)(=O)Nc2ccccc2C#N)c(N)c1. The van der Waals surface area contributed by atoms with E-state index >= 15 is 0 Å². The Morgan fingerprint density at radius 2 is 1.95 bits per heavy atom. The molecule has 108 valence electrons. The molecule has 2 rings (SSSR count). The number of nitrogens with zero attached hydrogens (tertiary/aromatic N) is 1. The van der Waals surface area contributed by atoms with Crippen LogP contribution >= 0.6 is 0 Å². The molecule has 2 aromatic rings. The van der Waals surface area contributed by atoms with Crippen LogP contribution in [0.1, 0.15) is 5.56 Å². The number of sulfonamides is 1. The summed E-state index contributed by atoms with van der Waals surface area (Å²) in [5.41, 5.74) is 6.24. The number of hydrogen-bond donors (Lipinski definition) is 2. The monoisotopic (exact) mass is 303 g/mol.